The van der Waals surface area contributed by atoms with Crippen LogP contribution in [0.2, 0.25) is 0 Å². The van der Waals surface area contributed by atoms with Crippen molar-refractivity contribution in [1.29, 1.82) is 0 Å². The third kappa shape index (κ3) is 31.0. The van der Waals surface area contributed by atoms with E-state index in [0.717, 1.165) is 0 Å². The third-order valence-electron chi connectivity index (χ3n) is 13.6. The quantitative estimate of drug-likeness (QED) is 0.0275. The first-order valence-corrected chi connectivity index (χ1v) is 28.9. The standard InChI is InChI=1S/C55H90N14O18/c1-5-30(2)45(69-53(84)39(67-46(77)31(3)59)27-33-15-7-6-8-16-33)54(85)65-35(18-10-13-25-57)48(79)61-32(4)47(78)60-29-41(70)62-34(17-9-12-24-56)49(80)63-36(19-11-14-26-58)50(81)64-37(20-22-42(71)72)51(82)68-40(28-44(75)76)52(83)66-38(55(86)87)21-23-43(73)74/h6-8,15-16,30-32,34-40,45H,5,9-14,17-29,56-59H2,1-4H3,(H,60,78)(H,61,79)(H,62,70)(H,63,80)(H,64,81)(H,65,85)(H,66,83)(H,67,77)(H,68,82)(H,69,84)(H,71,72)(H,73,74)(H,75,76)(H,86,87)/t30-,31-,32-,34-,35-,36-,37-,38-,39-,40-,45-/m0/s1. The molecule has 0 aliphatic rings. The molecule has 87 heavy (non-hydrogen) atoms. The van der Waals surface area contributed by atoms with Crippen molar-refractivity contribution >= 4 is 82.9 Å². The van der Waals surface area contributed by atoms with Crippen LogP contribution in [-0.2, 0) is 73.5 Å². The number of nitrogens with one attached hydrogen (secondary N) is 10. The van der Waals surface area contributed by atoms with Crippen LogP contribution in [0.3, 0.4) is 0 Å². The van der Waals surface area contributed by atoms with E-state index in [9.17, 15) is 82.4 Å². The van der Waals surface area contributed by atoms with Gasteiger partial charge in [0.25, 0.3) is 0 Å². The van der Waals surface area contributed by atoms with E-state index in [1.807, 2.05) is 5.32 Å². The van der Waals surface area contributed by atoms with Crippen molar-refractivity contribution in [1.82, 2.24) is 53.2 Å². The fourth-order valence-corrected chi connectivity index (χ4v) is 8.34. The SMILES string of the molecule is CC[C@H](C)[C@H](NC(=O)[C@H](Cc1ccccc1)NC(=O)[C@H](C)N)C(=O)N[C@@H](CCCCN)C(=O)N[C@@H](C)C(=O)NCC(=O)N[C@@H](CCCCN)C(=O)N[C@@H](CCCCN)C(=O)N[C@@H](CCC(=O)O)C(=O)N[C@@H](CC(=O)O)C(=O)N[C@@H](CCC(=O)O)C(=O)O. The number of aliphatic carboxylic acids is 4. The molecule has 0 fully saturated rings. The predicted octanol–water partition coefficient (Wildman–Crippen LogP) is -4.20. The molecule has 1 rings (SSSR count). The summed E-state index contributed by atoms with van der Waals surface area (Å²) in [6.45, 7) is 6.10. The smallest absolute Gasteiger partial charge is 0.326 e. The number of benzene rings is 1. The van der Waals surface area contributed by atoms with Gasteiger partial charge in [-0.25, -0.2) is 4.79 Å². The van der Waals surface area contributed by atoms with Gasteiger partial charge < -0.3 is 96.5 Å². The lowest BCUT2D eigenvalue weighted by Gasteiger charge is -2.29. The predicted molar refractivity (Wildman–Crippen MR) is 312 cm³/mol. The summed E-state index contributed by atoms with van der Waals surface area (Å²) in [7, 11) is 0. The van der Waals surface area contributed by atoms with Crippen molar-refractivity contribution in [3.8, 4) is 0 Å². The fourth-order valence-electron chi connectivity index (χ4n) is 8.34. The first kappa shape index (κ1) is 76.7. The highest BCUT2D eigenvalue weighted by Gasteiger charge is 2.36. The Hall–Kier alpha value is -8.36. The van der Waals surface area contributed by atoms with E-state index in [4.69, 9.17) is 28.0 Å². The van der Waals surface area contributed by atoms with E-state index < -0.39 is 188 Å². The fraction of sp³-hybridized carbons (Fsp3) is 0.636. The van der Waals surface area contributed by atoms with Crippen LogP contribution < -0.4 is 76.1 Å². The average Bonchev–Trinajstić information content (AvgIpc) is 3.55. The Kier molecular flexibility index (Phi) is 36.7. The summed E-state index contributed by atoms with van der Waals surface area (Å²) in [5, 5.41) is 61.8. The number of carboxylic acids is 4. The summed E-state index contributed by atoms with van der Waals surface area (Å²) < 4.78 is 0. The molecule has 0 radical (unpaired) electrons. The van der Waals surface area contributed by atoms with Gasteiger partial charge in [-0.1, -0.05) is 50.6 Å². The zero-order valence-corrected chi connectivity index (χ0v) is 49.7. The second kappa shape index (κ2) is 41.6. The summed E-state index contributed by atoms with van der Waals surface area (Å²) in [6.07, 6.45) is -1.58. The van der Waals surface area contributed by atoms with Gasteiger partial charge in [0.05, 0.1) is 19.0 Å². The molecule has 0 spiro atoms. The van der Waals surface area contributed by atoms with E-state index in [1.165, 1.54) is 13.8 Å². The number of hydrogen-bond acceptors (Lipinski definition) is 18. The molecule has 0 unspecified atom stereocenters. The Balaban J connectivity index is 3.33. The van der Waals surface area contributed by atoms with Crippen molar-refractivity contribution in [3.63, 3.8) is 0 Å². The lowest BCUT2D eigenvalue weighted by Crippen LogP contribution is -2.60. The molecular weight excluding hydrogens is 1140 g/mol. The zero-order valence-electron chi connectivity index (χ0n) is 49.7. The highest BCUT2D eigenvalue weighted by Crippen LogP contribution is 2.14. The molecule has 0 saturated carbocycles. The van der Waals surface area contributed by atoms with Crippen LogP contribution in [0.25, 0.3) is 0 Å². The van der Waals surface area contributed by atoms with Gasteiger partial charge in [-0.2, -0.15) is 0 Å². The van der Waals surface area contributed by atoms with E-state index in [2.05, 4.69) is 47.9 Å². The monoisotopic (exact) mass is 1230 g/mol. The maximum atomic E-state index is 14.1. The van der Waals surface area contributed by atoms with Gasteiger partial charge in [-0.15, -0.1) is 0 Å². The Labute approximate surface area is 504 Å². The molecule has 0 heterocycles. The molecule has 0 aliphatic heterocycles. The molecule has 0 aromatic heterocycles. The van der Waals surface area contributed by atoms with Crippen LogP contribution in [-0.4, -0.2) is 190 Å². The van der Waals surface area contributed by atoms with E-state index in [1.54, 1.807) is 44.2 Å². The number of rotatable bonds is 45. The zero-order chi connectivity index (χ0) is 65.8. The van der Waals surface area contributed by atoms with Gasteiger partial charge in [0.2, 0.25) is 59.1 Å². The Morgan fingerprint density at radius 3 is 1.29 bits per heavy atom. The van der Waals surface area contributed by atoms with Gasteiger partial charge in [0, 0.05) is 19.3 Å². The first-order chi connectivity index (χ1) is 41.1. The summed E-state index contributed by atoms with van der Waals surface area (Å²) in [6, 6.07) is -5.59. The van der Waals surface area contributed by atoms with Crippen molar-refractivity contribution in [2.75, 3.05) is 26.2 Å². The maximum absolute atomic E-state index is 14.1. The molecule has 0 saturated heterocycles. The van der Waals surface area contributed by atoms with Crippen molar-refractivity contribution in [2.24, 2.45) is 28.9 Å². The Morgan fingerprint density at radius 1 is 0.437 bits per heavy atom. The van der Waals surface area contributed by atoms with E-state index >= 15 is 0 Å². The number of unbranched alkanes of at least 4 members (excludes halogenated alkanes) is 3. The van der Waals surface area contributed by atoms with Gasteiger partial charge in [-0.05, 0) is 116 Å². The molecule has 11 atom stereocenters. The van der Waals surface area contributed by atoms with Crippen molar-refractivity contribution in [2.45, 2.75) is 191 Å². The molecule has 22 N–H and O–H groups in total. The maximum Gasteiger partial charge on any atom is 0.326 e. The number of amides is 10. The van der Waals surface area contributed by atoms with Gasteiger partial charge in [-0.3, -0.25) is 62.3 Å². The van der Waals surface area contributed by atoms with Crippen LogP contribution in [0.5, 0.6) is 0 Å². The molecule has 488 valence electrons. The third-order valence-corrected chi connectivity index (χ3v) is 13.6. The van der Waals surface area contributed by atoms with Crippen molar-refractivity contribution < 1.29 is 87.5 Å². The minimum absolute atomic E-state index is 0.0563. The Bertz CT molecular complexity index is 2470. The van der Waals surface area contributed by atoms with Gasteiger partial charge in [0.15, 0.2) is 0 Å². The lowest BCUT2D eigenvalue weighted by molar-refractivity contribution is -0.144. The largest absolute Gasteiger partial charge is 0.481 e. The molecule has 0 aliphatic carbocycles. The van der Waals surface area contributed by atoms with E-state index in [-0.39, 0.29) is 58.2 Å². The van der Waals surface area contributed by atoms with Gasteiger partial charge in [0.1, 0.15) is 54.4 Å². The molecule has 32 heteroatoms. The second-order valence-electron chi connectivity index (χ2n) is 20.9. The van der Waals surface area contributed by atoms with E-state index in [0.29, 0.717) is 37.7 Å². The van der Waals surface area contributed by atoms with Crippen LogP contribution >= 0.6 is 0 Å². The topological polar surface area (TPSA) is 544 Å². The molecule has 1 aromatic rings. The van der Waals surface area contributed by atoms with Crippen LogP contribution in [0.15, 0.2) is 30.3 Å². The summed E-state index contributed by atoms with van der Waals surface area (Å²) >= 11 is 0. The lowest BCUT2D eigenvalue weighted by atomic mass is 9.96. The number of hydrogen-bond donors (Lipinski definition) is 18. The molecule has 1 aromatic carbocycles. The highest BCUT2D eigenvalue weighted by atomic mass is 16.4. The number of nitrogens with two attached hydrogens (primary N) is 4. The molecule has 0 bridgehead atoms. The first-order valence-electron chi connectivity index (χ1n) is 28.9. The number of carboxylic acid groups (broad SMARTS) is 4. The Morgan fingerprint density at radius 2 is 0.839 bits per heavy atom. The number of carbonyl (C=O) groups is 14. The van der Waals surface area contributed by atoms with Crippen LogP contribution in [0.4, 0.5) is 0 Å². The van der Waals surface area contributed by atoms with Crippen LogP contribution in [0.1, 0.15) is 130 Å². The van der Waals surface area contributed by atoms with Crippen LogP contribution in [0, 0.1) is 5.92 Å². The minimum atomic E-state index is -2.02. The molecule has 32 nitrogen and oxygen atoms in total. The van der Waals surface area contributed by atoms with Gasteiger partial charge >= 0.3 is 23.9 Å². The highest BCUT2D eigenvalue weighted by molar-refractivity contribution is 5.99. The normalized spacial score (nSPS) is 14.8. The minimum Gasteiger partial charge on any atom is -0.481 e. The average molecular weight is 1240 g/mol. The summed E-state index contributed by atoms with van der Waals surface area (Å²) in [5.74, 6) is -15.9. The summed E-state index contributed by atoms with van der Waals surface area (Å²) in [4.78, 5) is 182. The molecule has 10 amide bonds. The number of carbonyl (C=O) groups excluding carboxylic acids is 10. The second-order valence-corrected chi connectivity index (χ2v) is 20.9. The summed E-state index contributed by atoms with van der Waals surface area (Å²) in [5.41, 5.74) is 23.6. The van der Waals surface area contributed by atoms with Crippen molar-refractivity contribution in [3.05, 3.63) is 35.9 Å². The molecular formula is C55H90N14O18.